The van der Waals surface area contributed by atoms with Crippen molar-refractivity contribution >= 4 is 40.3 Å². The molecule has 0 heterocycles. The van der Waals surface area contributed by atoms with Crippen molar-refractivity contribution in [1.82, 2.24) is 0 Å². The minimum absolute atomic E-state index is 0.0774. The molecule has 0 atom stereocenters. The molecule has 0 aliphatic rings. The number of hydrogen-bond donors (Lipinski definition) is 2. The molecular formula is C15H16Cl2N2O. The van der Waals surface area contributed by atoms with Crippen LogP contribution in [-0.4, -0.2) is 6.10 Å². The molecule has 0 radical (unpaired) electrons. The van der Waals surface area contributed by atoms with Crippen molar-refractivity contribution in [3.05, 3.63) is 46.4 Å². The Kier molecular flexibility index (Phi) is 4.63. The van der Waals surface area contributed by atoms with Crippen LogP contribution in [0.5, 0.6) is 5.75 Å². The molecule has 5 heteroatoms. The largest absolute Gasteiger partial charge is 0.491 e. The van der Waals surface area contributed by atoms with Crippen molar-refractivity contribution in [3.8, 4) is 5.75 Å². The smallest absolute Gasteiger partial charge is 0.123 e. The Morgan fingerprint density at radius 1 is 1.10 bits per heavy atom. The molecule has 0 saturated carbocycles. The third-order valence-electron chi connectivity index (χ3n) is 2.53. The van der Waals surface area contributed by atoms with E-state index in [-0.39, 0.29) is 6.10 Å². The van der Waals surface area contributed by atoms with Gasteiger partial charge in [-0.3, -0.25) is 0 Å². The van der Waals surface area contributed by atoms with E-state index in [4.69, 9.17) is 33.7 Å². The van der Waals surface area contributed by atoms with Crippen LogP contribution in [0.3, 0.4) is 0 Å². The average Bonchev–Trinajstić information content (AvgIpc) is 2.32. The first-order valence-electron chi connectivity index (χ1n) is 6.24. The summed E-state index contributed by atoms with van der Waals surface area (Å²) < 4.78 is 5.65. The Hall–Kier alpha value is -1.58. The molecule has 0 spiro atoms. The van der Waals surface area contributed by atoms with Gasteiger partial charge in [-0.2, -0.15) is 0 Å². The standard InChI is InChI=1S/C15H16Cl2N2O/c1-9(2)20-12-7-10(18)6-11(8-12)19-15-13(16)4-3-5-14(15)17/h3-9,19H,18H2,1-2H3. The van der Waals surface area contributed by atoms with Crippen molar-refractivity contribution < 1.29 is 4.74 Å². The van der Waals surface area contributed by atoms with Crippen molar-refractivity contribution in [2.45, 2.75) is 20.0 Å². The third kappa shape index (κ3) is 3.71. The lowest BCUT2D eigenvalue weighted by atomic mass is 10.2. The summed E-state index contributed by atoms with van der Waals surface area (Å²) in [6, 6.07) is 10.8. The fourth-order valence-corrected chi connectivity index (χ4v) is 2.29. The molecule has 3 nitrogen and oxygen atoms in total. The molecule has 0 amide bonds. The molecule has 2 aromatic carbocycles. The zero-order chi connectivity index (χ0) is 14.7. The van der Waals surface area contributed by atoms with Crippen LogP contribution in [0.15, 0.2) is 36.4 Å². The number of hydrogen-bond acceptors (Lipinski definition) is 3. The van der Waals surface area contributed by atoms with E-state index in [1.807, 2.05) is 19.9 Å². The van der Waals surface area contributed by atoms with Gasteiger partial charge in [0.15, 0.2) is 0 Å². The number of anilines is 3. The van der Waals surface area contributed by atoms with Gasteiger partial charge in [-0.1, -0.05) is 29.3 Å². The van der Waals surface area contributed by atoms with Gasteiger partial charge in [-0.05, 0) is 32.0 Å². The van der Waals surface area contributed by atoms with Crippen molar-refractivity contribution in [2.24, 2.45) is 0 Å². The van der Waals surface area contributed by atoms with Gasteiger partial charge in [0, 0.05) is 23.5 Å². The molecular weight excluding hydrogens is 295 g/mol. The molecule has 0 fully saturated rings. The second kappa shape index (κ2) is 6.25. The first kappa shape index (κ1) is 14.8. The predicted octanol–water partition coefficient (Wildman–Crippen LogP) is 5.11. The molecule has 20 heavy (non-hydrogen) atoms. The summed E-state index contributed by atoms with van der Waals surface area (Å²) in [6.07, 6.45) is 0.0774. The Labute approximate surface area is 128 Å². The molecule has 106 valence electrons. The quantitative estimate of drug-likeness (QED) is 0.772. The Morgan fingerprint density at radius 2 is 1.75 bits per heavy atom. The maximum Gasteiger partial charge on any atom is 0.123 e. The summed E-state index contributed by atoms with van der Waals surface area (Å²) in [6.45, 7) is 3.92. The first-order chi connectivity index (χ1) is 9.45. The van der Waals surface area contributed by atoms with E-state index in [0.717, 1.165) is 5.69 Å². The average molecular weight is 311 g/mol. The molecule has 0 aromatic heterocycles. The van der Waals surface area contributed by atoms with Gasteiger partial charge in [0.05, 0.1) is 21.8 Å². The highest BCUT2D eigenvalue weighted by Crippen LogP contribution is 2.34. The van der Waals surface area contributed by atoms with Gasteiger partial charge >= 0.3 is 0 Å². The Balaban J connectivity index is 2.31. The SMILES string of the molecule is CC(C)Oc1cc(N)cc(Nc2c(Cl)cccc2Cl)c1. The maximum atomic E-state index is 6.13. The summed E-state index contributed by atoms with van der Waals surface area (Å²) in [5.74, 6) is 0.700. The molecule has 2 rings (SSSR count). The van der Waals surface area contributed by atoms with Crippen LogP contribution in [0.25, 0.3) is 0 Å². The number of ether oxygens (including phenoxy) is 1. The summed E-state index contributed by atoms with van der Waals surface area (Å²) in [5.41, 5.74) is 7.91. The monoisotopic (exact) mass is 310 g/mol. The summed E-state index contributed by atoms with van der Waals surface area (Å²) in [7, 11) is 0. The van der Waals surface area contributed by atoms with E-state index in [1.54, 1.807) is 30.3 Å². The number of nitrogen functional groups attached to an aromatic ring is 1. The number of rotatable bonds is 4. The van der Waals surface area contributed by atoms with E-state index in [1.165, 1.54) is 0 Å². The van der Waals surface area contributed by atoms with Gasteiger partial charge < -0.3 is 15.8 Å². The number of nitrogens with one attached hydrogen (secondary N) is 1. The van der Waals surface area contributed by atoms with Crippen molar-refractivity contribution in [1.29, 1.82) is 0 Å². The molecule has 0 aliphatic carbocycles. The lowest BCUT2D eigenvalue weighted by Gasteiger charge is -2.14. The number of nitrogens with two attached hydrogens (primary N) is 1. The summed E-state index contributed by atoms with van der Waals surface area (Å²) in [4.78, 5) is 0. The second-order valence-electron chi connectivity index (χ2n) is 4.68. The van der Waals surface area contributed by atoms with Crippen molar-refractivity contribution in [3.63, 3.8) is 0 Å². The highest BCUT2D eigenvalue weighted by Gasteiger charge is 2.08. The van der Waals surface area contributed by atoms with Crippen LogP contribution in [0.4, 0.5) is 17.1 Å². The second-order valence-corrected chi connectivity index (χ2v) is 5.49. The van der Waals surface area contributed by atoms with Crippen LogP contribution >= 0.6 is 23.2 Å². The predicted molar refractivity (Wildman–Crippen MR) is 86.4 cm³/mol. The minimum atomic E-state index is 0.0774. The van der Waals surface area contributed by atoms with E-state index >= 15 is 0 Å². The van der Waals surface area contributed by atoms with Crippen LogP contribution in [0.1, 0.15) is 13.8 Å². The van der Waals surface area contributed by atoms with Gasteiger partial charge in [0.1, 0.15) is 5.75 Å². The van der Waals surface area contributed by atoms with Crippen LogP contribution in [-0.2, 0) is 0 Å². The number of para-hydroxylation sites is 1. The number of benzene rings is 2. The highest BCUT2D eigenvalue weighted by atomic mass is 35.5. The fraction of sp³-hybridized carbons (Fsp3) is 0.200. The van der Waals surface area contributed by atoms with E-state index in [9.17, 15) is 0 Å². The van der Waals surface area contributed by atoms with E-state index < -0.39 is 0 Å². The highest BCUT2D eigenvalue weighted by molar-refractivity contribution is 6.39. The van der Waals surface area contributed by atoms with E-state index in [2.05, 4.69) is 5.32 Å². The Morgan fingerprint density at radius 3 is 2.35 bits per heavy atom. The third-order valence-corrected chi connectivity index (χ3v) is 3.16. The summed E-state index contributed by atoms with van der Waals surface area (Å²) in [5, 5.41) is 4.27. The molecule has 0 saturated heterocycles. The van der Waals surface area contributed by atoms with Crippen LogP contribution < -0.4 is 15.8 Å². The fourth-order valence-electron chi connectivity index (χ4n) is 1.80. The normalized spacial score (nSPS) is 10.7. The van der Waals surface area contributed by atoms with Gasteiger partial charge in [0.25, 0.3) is 0 Å². The lowest BCUT2D eigenvalue weighted by Crippen LogP contribution is -2.06. The van der Waals surface area contributed by atoms with Gasteiger partial charge in [-0.15, -0.1) is 0 Å². The lowest BCUT2D eigenvalue weighted by molar-refractivity contribution is 0.242. The zero-order valence-electron chi connectivity index (χ0n) is 11.3. The summed E-state index contributed by atoms with van der Waals surface area (Å²) >= 11 is 12.3. The molecule has 0 aliphatic heterocycles. The van der Waals surface area contributed by atoms with Crippen LogP contribution in [0.2, 0.25) is 10.0 Å². The van der Waals surface area contributed by atoms with Gasteiger partial charge in [-0.25, -0.2) is 0 Å². The first-order valence-corrected chi connectivity index (χ1v) is 6.99. The molecule has 2 aromatic rings. The van der Waals surface area contributed by atoms with E-state index in [0.29, 0.717) is 27.2 Å². The minimum Gasteiger partial charge on any atom is -0.491 e. The maximum absolute atomic E-state index is 6.13. The molecule has 0 bridgehead atoms. The van der Waals surface area contributed by atoms with Crippen LogP contribution in [0, 0.1) is 0 Å². The molecule has 3 N–H and O–H groups in total. The zero-order valence-corrected chi connectivity index (χ0v) is 12.8. The molecule has 0 unspecified atom stereocenters. The number of halogens is 2. The van der Waals surface area contributed by atoms with Gasteiger partial charge in [0.2, 0.25) is 0 Å². The Bertz CT molecular complexity index is 595. The van der Waals surface area contributed by atoms with Crippen molar-refractivity contribution in [2.75, 3.05) is 11.1 Å². The topological polar surface area (TPSA) is 47.3 Å².